The van der Waals surface area contributed by atoms with Crippen molar-refractivity contribution in [2.24, 2.45) is 5.41 Å². The van der Waals surface area contributed by atoms with E-state index in [1.807, 2.05) is 12.1 Å². The number of halogens is 2. The molecule has 2 aromatic heterocycles. The summed E-state index contributed by atoms with van der Waals surface area (Å²) in [7, 11) is 3.13. The van der Waals surface area contributed by atoms with Gasteiger partial charge >= 0.3 is 0 Å². The lowest BCUT2D eigenvalue weighted by Gasteiger charge is -2.44. The topological polar surface area (TPSA) is 89.5 Å². The van der Waals surface area contributed by atoms with Gasteiger partial charge in [-0.05, 0) is 61.8 Å². The summed E-state index contributed by atoms with van der Waals surface area (Å²) in [6.45, 7) is 3.96. The minimum Gasteiger partial charge on any atom is -0.497 e. The highest BCUT2D eigenvalue weighted by Gasteiger charge is 2.45. The van der Waals surface area contributed by atoms with Gasteiger partial charge in [-0.3, -0.25) is 4.79 Å². The highest BCUT2D eigenvalue weighted by atomic mass is 35.5. The Morgan fingerprint density at radius 3 is 2.49 bits per heavy atom. The van der Waals surface area contributed by atoms with Crippen molar-refractivity contribution in [2.45, 2.75) is 51.1 Å². The van der Waals surface area contributed by atoms with Crippen LogP contribution in [-0.2, 0) is 0 Å². The van der Waals surface area contributed by atoms with Crippen molar-refractivity contribution in [3.63, 3.8) is 0 Å². The molecular formula is C29H33Cl2N5O3. The number of aromatic nitrogens is 3. The summed E-state index contributed by atoms with van der Waals surface area (Å²) in [6, 6.07) is 10.6. The molecule has 1 N–H and O–H groups in total. The first-order valence-electron chi connectivity index (χ1n) is 13.3. The molecule has 5 rings (SSSR count). The van der Waals surface area contributed by atoms with Gasteiger partial charge in [0.25, 0.3) is 0 Å². The molecule has 3 aromatic rings. The molecule has 0 bridgehead atoms. The van der Waals surface area contributed by atoms with Crippen LogP contribution >= 0.6 is 23.2 Å². The molecule has 1 saturated heterocycles. The third-order valence-corrected chi connectivity index (χ3v) is 8.91. The lowest BCUT2D eigenvalue weighted by atomic mass is 9.73. The molecule has 2 atom stereocenters. The van der Waals surface area contributed by atoms with Gasteiger partial charge in [0.15, 0.2) is 5.15 Å². The fourth-order valence-corrected chi connectivity index (χ4v) is 6.50. The Labute approximate surface area is 239 Å². The first kappa shape index (κ1) is 27.6. The molecule has 39 heavy (non-hydrogen) atoms. The highest BCUT2D eigenvalue weighted by molar-refractivity contribution is 6.38. The van der Waals surface area contributed by atoms with Gasteiger partial charge in [0.05, 0.1) is 20.4 Å². The van der Waals surface area contributed by atoms with E-state index in [2.05, 4.69) is 44.2 Å². The second kappa shape index (κ2) is 11.7. The van der Waals surface area contributed by atoms with Crippen LogP contribution in [0.2, 0.25) is 10.2 Å². The maximum absolute atomic E-state index is 13.1. The molecule has 1 aromatic carbocycles. The second-order valence-corrected chi connectivity index (χ2v) is 11.1. The highest BCUT2D eigenvalue weighted by Crippen LogP contribution is 2.47. The summed E-state index contributed by atoms with van der Waals surface area (Å²) < 4.78 is 10.4. The van der Waals surface area contributed by atoms with Crippen LogP contribution in [-0.4, -0.2) is 54.1 Å². The zero-order chi connectivity index (χ0) is 27.6. The van der Waals surface area contributed by atoms with Crippen molar-refractivity contribution in [3.8, 4) is 11.6 Å². The normalized spacial score (nSPS) is 19.2. The summed E-state index contributed by atoms with van der Waals surface area (Å²) in [5.41, 5.74) is 1.80. The number of rotatable bonds is 8. The first-order valence-corrected chi connectivity index (χ1v) is 14.0. The lowest BCUT2D eigenvalue weighted by Crippen LogP contribution is -2.49. The van der Waals surface area contributed by atoms with Crippen molar-refractivity contribution in [1.82, 2.24) is 20.3 Å². The molecule has 206 valence electrons. The monoisotopic (exact) mass is 569 g/mol. The van der Waals surface area contributed by atoms with E-state index in [0.717, 1.165) is 31.7 Å². The molecule has 3 heterocycles. The van der Waals surface area contributed by atoms with Gasteiger partial charge in [0.2, 0.25) is 11.7 Å². The predicted molar refractivity (Wildman–Crippen MR) is 152 cm³/mol. The summed E-state index contributed by atoms with van der Waals surface area (Å²) in [5, 5.41) is 4.11. The Balaban J connectivity index is 1.25. The fraction of sp³-hybridized carbons (Fsp3) is 0.448. The van der Waals surface area contributed by atoms with Crippen molar-refractivity contribution < 1.29 is 14.3 Å². The Bertz CT molecular complexity index is 1330. The number of hydrogen-bond donors (Lipinski definition) is 1. The van der Waals surface area contributed by atoms with Crippen LogP contribution in [0, 0.1) is 5.41 Å². The molecular weight excluding hydrogens is 537 g/mol. The Morgan fingerprint density at radius 1 is 1.08 bits per heavy atom. The maximum atomic E-state index is 13.1. The minimum atomic E-state index is -0.423. The average molecular weight is 571 g/mol. The quantitative estimate of drug-likeness (QED) is 0.334. The van der Waals surface area contributed by atoms with Gasteiger partial charge in [-0.1, -0.05) is 41.8 Å². The largest absolute Gasteiger partial charge is 0.497 e. The number of methoxy groups -OCH3 is 2. The smallest absolute Gasteiger partial charge is 0.233 e. The molecule has 1 saturated carbocycles. The fourth-order valence-electron chi connectivity index (χ4n) is 6.00. The zero-order valence-corrected chi connectivity index (χ0v) is 23.9. The van der Waals surface area contributed by atoms with E-state index in [1.54, 1.807) is 13.3 Å². The predicted octanol–water partition coefficient (Wildman–Crippen LogP) is 5.92. The average Bonchev–Trinajstić information content (AvgIpc) is 3.34. The molecule has 10 heteroatoms. The number of pyridine rings is 1. The van der Waals surface area contributed by atoms with Gasteiger partial charge in [-0.2, -0.15) is 0 Å². The molecule has 0 unspecified atom stereocenters. The number of nitrogens with one attached hydrogen (secondary N) is 1. The second-order valence-electron chi connectivity index (χ2n) is 10.3. The summed E-state index contributed by atoms with van der Waals surface area (Å²) in [4.78, 5) is 28.2. The lowest BCUT2D eigenvalue weighted by molar-refractivity contribution is 0.103. The molecule has 0 radical (unpaired) electrons. The Hall–Kier alpha value is -2.94. The third-order valence-electron chi connectivity index (χ3n) is 8.28. The van der Waals surface area contributed by atoms with E-state index in [0.29, 0.717) is 11.9 Å². The number of ketones is 1. The van der Waals surface area contributed by atoms with Crippen molar-refractivity contribution in [2.75, 3.05) is 32.2 Å². The number of anilines is 1. The van der Waals surface area contributed by atoms with Crippen LogP contribution in [0.3, 0.4) is 0 Å². The van der Waals surface area contributed by atoms with E-state index in [1.165, 1.54) is 44.2 Å². The van der Waals surface area contributed by atoms with Gasteiger partial charge in [-0.25, -0.2) is 15.0 Å². The number of piperidine rings is 1. The molecule has 1 aliphatic carbocycles. The van der Waals surface area contributed by atoms with E-state index < -0.39 is 5.78 Å². The number of carbonyl (C=O) groups excluding carboxylic acids is 1. The Kier molecular flexibility index (Phi) is 8.26. The molecule has 1 spiro atoms. The number of hydrogen-bond acceptors (Lipinski definition) is 8. The van der Waals surface area contributed by atoms with Crippen LogP contribution in [0.4, 0.5) is 5.82 Å². The van der Waals surface area contributed by atoms with Crippen LogP contribution in [0.25, 0.3) is 0 Å². The molecule has 2 fully saturated rings. The molecule has 1 aliphatic heterocycles. The van der Waals surface area contributed by atoms with Crippen LogP contribution in [0.1, 0.15) is 66.7 Å². The zero-order valence-electron chi connectivity index (χ0n) is 22.4. The minimum absolute atomic E-state index is 0.0524. The summed E-state index contributed by atoms with van der Waals surface area (Å²) in [6.07, 6.45) is 8.85. The Morgan fingerprint density at radius 2 is 1.82 bits per heavy atom. The van der Waals surface area contributed by atoms with E-state index >= 15 is 0 Å². The first-order chi connectivity index (χ1) is 18.8. The molecule has 0 amide bonds. The molecule has 2 aliphatic rings. The van der Waals surface area contributed by atoms with Crippen molar-refractivity contribution >= 4 is 34.8 Å². The number of benzene rings is 1. The van der Waals surface area contributed by atoms with Gasteiger partial charge < -0.3 is 19.7 Å². The number of nitrogens with zero attached hydrogens (tertiary/aromatic N) is 4. The van der Waals surface area contributed by atoms with Crippen LogP contribution < -0.4 is 19.7 Å². The molecule has 8 nitrogen and oxygen atoms in total. The van der Waals surface area contributed by atoms with Crippen molar-refractivity contribution in [1.29, 1.82) is 0 Å². The van der Waals surface area contributed by atoms with Gasteiger partial charge in [0, 0.05) is 36.9 Å². The van der Waals surface area contributed by atoms with Crippen molar-refractivity contribution in [3.05, 3.63) is 69.7 Å². The summed E-state index contributed by atoms with van der Waals surface area (Å²) >= 11 is 12.8. The van der Waals surface area contributed by atoms with Gasteiger partial charge in [-0.15, -0.1) is 0 Å². The van der Waals surface area contributed by atoms with Crippen LogP contribution in [0.15, 0.2) is 42.7 Å². The van der Waals surface area contributed by atoms with E-state index in [-0.39, 0.29) is 38.8 Å². The van der Waals surface area contributed by atoms with Crippen LogP contribution in [0.5, 0.6) is 11.6 Å². The van der Waals surface area contributed by atoms with E-state index in [4.69, 9.17) is 32.7 Å². The SMILES string of the molecule is COc1ccc([C@@H](C)N[C@@H]2CCCC23CCN(c2cnc(C(=O)c4ccnc(OC)c4Cl)c(Cl)n2)CC3)cc1. The summed E-state index contributed by atoms with van der Waals surface area (Å²) in [5.74, 6) is 1.30. The van der Waals surface area contributed by atoms with Gasteiger partial charge in [0.1, 0.15) is 22.3 Å². The van der Waals surface area contributed by atoms with E-state index in [9.17, 15) is 4.79 Å². The standard InChI is InChI=1S/C29H33Cl2N5O3/c1-18(19-6-8-20(38-2)9-7-19)34-22-5-4-11-29(22)12-15-36(16-13-29)23-17-33-25(27(31)35-23)26(37)21-10-14-32-28(39-3)24(21)30/h6-10,14,17-18,22,34H,4-5,11-13,15-16H2,1-3H3/t18-,22-/m1/s1. The number of ether oxygens (including phenoxy) is 2. The number of carbonyl (C=O) groups is 1. The third kappa shape index (κ3) is 5.55. The maximum Gasteiger partial charge on any atom is 0.233 e.